The molecule has 0 aliphatic rings. The SMILES string of the molecule is CC(=O)c1ccc(NC(=O)CN(C)C(=O)c2ccc(Br)s2)cc1. The molecule has 1 N–H and O–H groups in total. The third-order valence-corrected chi connectivity index (χ3v) is 4.70. The molecular weight excluding hydrogens is 380 g/mol. The smallest absolute Gasteiger partial charge is 0.264 e. The lowest BCUT2D eigenvalue weighted by Gasteiger charge is -2.16. The normalized spacial score (nSPS) is 10.2. The Balaban J connectivity index is 1.93. The number of carbonyl (C=O) groups is 3. The molecule has 0 aliphatic heterocycles. The Hall–Kier alpha value is -1.99. The minimum absolute atomic E-state index is 0.0321. The Morgan fingerprint density at radius 3 is 2.30 bits per heavy atom. The zero-order valence-corrected chi connectivity index (χ0v) is 15.0. The first-order valence-corrected chi connectivity index (χ1v) is 8.39. The highest BCUT2D eigenvalue weighted by molar-refractivity contribution is 9.11. The monoisotopic (exact) mass is 394 g/mol. The fraction of sp³-hybridized carbons (Fsp3) is 0.188. The van der Waals surface area contributed by atoms with Crippen LogP contribution in [0.4, 0.5) is 5.69 Å². The van der Waals surface area contributed by atoms with Gasteiger partial charge < -0.3 is 10.2 Å². The Labute approximate surface area is 146 Å². The molecule has 0 unspecified atom stereocenters. The molecule has 2 aromatic rings. The second-order valence-corrected chi connectivity index (χ2v) is 7.41. The molecule has 23 heavy (non-hydrogen) atoms. The average Bonchev–Trinajstić information content (AvgIpc) is 2.93. The summed E-state index contributed by atoms with van der Waals surface area (Å²) in [6.45, 7) is 1.43. The first-order chi connectivity index (χ1) is 10.9. The van der Waals surface area contributed by atoms with E-state index in [1.165, 1.54) is 23.2 Å². The van der Waals surface area contributed by atoms with Crippen molar-refractivity contribution in [3.05, 3.63) is 50.6 Å². The molecule has 1 aromatic carbocycles. The second kappa shape index (κ2) is 7.52. The summed E-state index contributed by atoms with van der Waals surface area (Å²) >= 11 is 4.63. The first kappa shape index (κ1) is 17.4. The maximum Gasteiger partial charge on any atom is 0.264 e. The van der Waals surface area contributed by atoms with Crippen LogP contribution in [-0.4, -0.2) is 36.1 Å². The Morgan fingerprint density at radius 2 is 1.78 bits per heavy atom. The van der Waals surface area contributed by atoms with Crippen molar-refractivity contribution in [2.75, 3.05) is 18.9 Å². The minimum atomic E-state index is -0.299. The van der Waals surface area contributed by atoms with Crippen LogP contribution in [0.1, 0.15) is 27.0 Å². The molecule has 0 bridgehead atoms. The molecular formula is C16H15BrN2O3S. The lowest BCUT2D eigenvalue weighted by Crippen LogP contribution is -2.34. The number of halogens is 1. The molecule has 0 atom stereocenters. The van der Waals surface area contributed by atoms with Gasteiger partial charge in [0.1, 0.15) is 0 Å². The molecule has 1 aromatic heterocycles. The molecule has 0 saturated heterocycles. The molecule has 1 heterocycles. The zero-order valence-electron chi connectivity index (χ0n) is 12.6. The summed E-state index contributed by atoms with van der Waals surface area (Å²) in [4.78, 5) is 37.3. The van der Waals surface area contributed by atoms with E-state index in [-0.39, 0.29) is 24.1 Å². The van der Waals surface area contributed by atoms with Gasteiger partial charge in [-0.2, -0.15) is 0 Å². The largest absolute Gasteiger partial charge is 0.332 e. The van der Waals surface area contributed by atoms with E-state index in [0.29, 0.717) is 16.1 Å². The van der Waals surface area contributed by atoms with Crippen LogP contribution in [0.3, 0.4) is 0 Å². The molecule has 7 heteroatoms. The van der Waals surface area contributed by atoms with Crippen LogP contribution in [0.25, 0.3) is 0 Å². The Morgan fingerprint density at radius 1 is 1.13 bits per heavy atom. The van der Waals surface area contributed by atoms with E-state index in [1.54, 1.807) is 43.4 Å². The highest BCUT2D eigenvalue weighted by Crippen LogP contribution is 2.23. The number of Topliss-reactive ketones (excluding diaryl/α,β-unsaturated/α-hetero) is 1. The van der Waals surface area contributed by atoms with Gasteiger partial charge in [0.15, 0.2) is 5.78 Å². The Kier molecular flexibility index (Phi) is 5.68. The van der Waals surface area contributed by atoms with E-state index in [0.717, 1.165) is 3.79 Å². The standard InChI is InChI=1S/C16H15BrN2O3S/c1-10(20)11-3-5-12(6-4-11)18-15(21)9-19(2)16(22)13-7-8-14(17)23-13/h3-8H,9H2,1-2H3,(H,18,21). The molecule has 5 nitrogen and oxygen atoms in total. The van der Waals surface area contributed by atoms with Gasteiger partial charge >= 0.3 is 0 Å². The third kappa shape index (κ3) is 4.74. The first-order valence-electron chi connectivity index (χ1n) is 6.78. The van der Waals surface area contributed by atoms with Crippen molar-refractivity contribution in [2.45, 2.75) is 6.92 Å². The van der Waals surface area contributed by atoms with Crippen molar-refractivity contribution >= 4 is 50.6 Å². The molecule has 0 saturated carbocycles. The number of hydrogen-bond donors (Lipinski definition) is 1. The number of amides is 2. The van der Waals surface area contributed by atoms with Crippen molar-refractivity contribution in [1.29, 1.82) is 0 Å². The van der Waals surface area contributed by atoms with Gasteiger partial charge in [-0.3, -0.25) is 14.4 Å². The van der Waals surface area contributed by atoms with Crippen molar-refractivity contribution in [2.24, 2.45) is 0 Å². The van der Waals surface area contributed by atoms with Gasteiger partial charge in [0.05, 0.1) is 15.2 Å². The van der Waals surface area contributed by atoms with Crippen molar-refractivity contribution in [3.63, 3.8) is 0 Å². The summed E-state index contributed by atoms with van der Waals surface area (Å²) in [6, 6.07) is 10.1. The number of benzene rings is 1. The lowest BCUT2D eigenvalue weighted by atomic mass is 10.1. The number of nitrogens with one attached hydrogen (secondary N) is 1. The maximum absolute atomic E-state index is 12.2. The van der Waals surface area contributed by atoms with Gasteiger partial charge in [0.25, 0.3) is 5.91 Å². The number of rotatable bonds is 5. The van der Waals surface area contributed by atoms with Gasteiger partial charge in [-0.05, 0) is 59.3 Å². The fourth-order valence-electron chi connectivity index (χ4n) is 1.89. The van der Waals surface area contributed by atoms with Crippen LogP contribution in [-0.2, 0) is 4.79 Å². The van der Waals surface area contributed by atoms with Crippen LogP contribution in [0, 0.1) is 0 Å². The van der Waals surface area contributed by atoms with Crippen LogP contribution < -0.4 is 5.32 Å². The van der Waals surface area contributed by atoms with E-state index in [2.05, 4.69) is 21.2 Å². The van der Waals surface area contributed by atoms with Gasteiger partial charge in [0, 0.05) is 18.3 Å². The van der Waals surface area contributed by atoms with Gasteiger partial charge in [-0.25, -0.2) is 0 Å². The van der Waals surface area contributed by atoms with E-state index in [4.69, 9.17) is 0 Å². The molecule has 120 valence electrons. The molecule has 0 fully saturated rings. The summed E-state index contributed by atoms with van der Waals surface area (Å²) in [5.41, 5.74) is 1.17. The molecule has 2 rings (SSSR count). The van der Waals surface area contributed by atoms with E-state index in [1.807, 2.05) is 0 Å². The zero-order chi connectivity index (χ0) is 17.0. The fourth-order valence-corrected chi connectivity index (χ4v) is 3.27. The van der Waals surface area contributed by atoms with E-state index >= 15 is 0 Å². The van der Waals surface area contributed by atoms with Crippen LogP contribution in [0.2, 0.25) is 0 Å². The van der Waals surface area contributed by atoms with Crippen molar-refractivity contribution < 1.29 is 14.4 Å². The van der Waals surface area contributed by atoms with E-state index < -0.39 is 0 Å². The summed E-state index contributed by atoms with van der Waals surface area (Å²) in [6.07, 6.45) is 0. The molecule has 0 spiro atoms. The molecule has 2 amide bonds. The quantitative estimate of drug-likeness (QED) is 0.789. The number of likely N-dealkylation sites (N-methyl/N-ethyl adjacent to an activating group) is 1. The number of hydrogen-bond acceptors (Lipinski definition) is 4. The van der Waals surface area contributed by atoms with Gasteiger partial charge in [-0.15, -0.1) is 11.3 Å². The predicted molar refractivity (Wildman–Crippen MR) is 94.1 cm³/mol. The molecule has 0 radical (unpaired) electrons. The number of ketones is 1. The van der Waals surface area contributed by atoms with Gasteiger partial charge in [-0.1, -0.05) is 0 Å². The van der Waals surface area contributed by atoms with Crippen LogP contribution >= 0.6 is 27.3 Å². The van der Waals surface area contributed by atoms with Gasteiger partial charge in [0.2, 0.25) is 5.91 Å². The lowest BCUT2D eigenvalue weighted by molar-refractivity contribution is -0.116. The van der Waals surface area contributed by atoms with E-state index in [9.17, 15) is 14.4 Å². The van der Waals surface area contributed by atoms with Crippen LogP contribution in [0.5, 0.6) is 0 Å². The third-order valence-electron chi connectivity index (χ3n) is 3.09. The van der Waals surface area contributed by atoms with Crippen molar-refractivity contribution in [1.82, 2.24) is 4.90 Å². The summed E-state index contributed by atoms with van der Waals surface area (Å²) in [7, 11) is 1.58. The summed E-state index contributed by atoms with van der Waals surface area (Å²) in [5.74, 6) is -0.537. The number of nitrogens with zero attached hydrogens (tertiary/aromatic N) is 1. The summed E-state index contributed by atoms with van der Waals surface area (Å²) in [5, 5.41) is 2.70. The number of anilines is 1. The minimum Gasteiger partial charge on any atom is -0.332 e. The number of thiophene rings is 1. The second-order valence-electron chi connectivity index (χ2n) is 4.95. The number of carbonyl (C=O) groups excluding carboxylic acids is 3. The Bertz CT molecular complexity index is 740. The average molecular weight is 395 g/mol. The van der Waals surface area contributed by atoms with Crippen LogP contribution in [0.15, 0.2) is 40.2 Å². The maximum atomic E-state index is 12.2. The highest BCUT2D eigenvalue weighted by Gasteiger charge is 2.16. The summed E-state index contributed by atoms with van der Waals surface area (Å²) < 4.78 is 0.865. The van der Waals surface area contributed by atoms with Crippen molar-refractivity contribution in [3.8, 4) is 0 Å². The topological polar surface area (TPSA) is 66.5 Å². The highest BCUT2D eigenvalue weighted by atomic mass is 79.9. The molecule has 0 aliphatic carbocycles. The predicted octanol–water partition coefficient (Wildman–Crippen LogP) is 3.42.